The predicted octanol–water partition coefficient (Wildman–Crippen LogP) is 0.649. The van der Waals surface area contributed by atoms with Crippen LogP contribution in [0.1, 0.15) is 13.7 Å². The summed E-state index contributed by atoms with van der Waals surface area (Å²) >= 11 is 2.85. The van der Waals surface area contributed by atoms with E-state index in [9.17, 15) is 0 Å². The van der Waals surface area contributed by atoms with Crippen LogP contribution in [0.15, 0.2) is 16.9 Å². The van der Waals surface area contributed by atoms with Crippen LogP contribution >= 0.6 is 15.9 Å². The molecule has 0 saturated carbocycles. The van der Waals surface area contributed by atoms with E-state index in [1.165, 1.54) is 0 Å². The Kier molecular flexibility index (Phi) is 0.897. The Morgan fingerprint density at radius 3 is 3.15 bits per heavy atom. The summed E-state index contributed by atoms with van der Waals surface area (Å²) in [5, 5.41) is 1.67. The van der Waals surface area contributed by atoms with Crippen molar-refractivity contribution in [1.82, 2.24) is 15.3 Å². The fourth-order valence-electron chi connectivity index (χ4n) is 0.703. The van der Waals surface area contributed by atoms with Gasteiger partial charge in [0.25, 0.3) is 0 Å². The molecule has 5 heteroatoms. The highest BCUT2D eigenvalue weighted by atomic mass is 79.9. The first kappa shape index (κ1) is 2.90. The number of nitrogens with one attached hydrogen (secondary N) is 1. The summed E-state index contributed by atoms with van der Waals surface area (Å²) in [7, 11) is 0. The van der Waals surface area contributed by atoms with E-state index in [4.69, 9.17) is 13.7 Å². The van der Waals surface area contributed by atoms with Crippen molar-refractivity contribution < 1.29 is 13.7 Å². The first-order valence-electron chi connectivity index (χ1n) is 8.25. The summed E-state index contributed by atoms with van der Waals surface area (Å²) in [5.74, 6) is -0.735. The van der Waals surface area contributed by atoms with E-state index in [1.54, 1.807) is 5.32 Å². The fourth-order valence-corrected chi connectivity index (χ4v) is 0.960. The molecule has 13 heavy (non-hydrogen) atoms. The molecule has 1 fully saturated rings. The SMILES string of the molecule is [2H]c1nc(Br)nc(N2C([2H])([2H])C([2H])([2H])NC([2H])([2H])C2([2H])[2H])c1[2H]. The Morgan fingerprint density at radius 1 is 1.62 bits per heavy atom. The van der Waals surface area contributed by atoms with Crippen molar-refractivity contribution in [2.45, 2.75) is 0 Å². The second-order valence-electron chi connectivity index (χ2n) is 1.99. The van der Waals surface area contributed by atoms with E-state index in [0.29, 0.717) is 0 Å². The molecule has 0 amide bonds. The van der Waals surface area contributed by atoms with Crippen LogP contribution in [0.5, 0.6) is 0 Å². The maximum absolute atomic E-state index is 7.92. The second-order valence-corrected chi connectivity index (χ2v) is 2.70. The van der Waals surface area contributed by atoms with E-state index >= 15 is 0 Å². The van der Waals surface area contributed by atoms with Gasteiger partial charge in [0.15, 0.2) is 4.73 Å². The van der Waals surface area contributed by atoms with Gasteiger partial charge in [-0.2, -0.15) is 0 Å². The quantitative estimate of drug-likeness (QED) is 0.746. The van der Waals surface area contributed by atoms with Gasteiger partial charge in [-0.3, -0.25) is 0 Å². The molecular weight excluding hydrogens is 232 g/mol. The largest absolute Gasteiger partial charge is 0.354 e. The molecule has 1 N–H and O–H groups in total. The molecule has 2 heterocycles. The van der Waals surface area contributed by atoms with E-state index in [0.717, 1.165) is 0 Å². The number of halogens is 1. The number of nitrogens with zero attached hydrogens (tertiary/aromatic N) is 3. The minimum atomic E-state index is -3.11. The molecule has 4 nitrogen and oxygen atoms in total. The number of anilines is 1. The average molecular weight is 253 g/mol. The van der Waals surface area contributed by atoms with Crippen molar-refractivity contribution in [3.05, 3.63) is 16.9 Å². The van der Waals surface area contributed by atoms with E-state index in [1.807, 2.05) is 0 Å². The minimum absolute atomic E-state index is 0.101. The van der Waals surface area contributed by atoms with Gasteiger partial charge in [0.2, 0.25) is 0 Å². The van der Waals surface area contributed by atoms with Crippen LogP contribution in [-0.4, -0.2) is 36.0 Å². The molecule has 1 aromatic heterocycles. The highest BCUT2D eigenvalue weighted by Gasteiger charge is 2.11. The summed E-state index contributed by atoms with van der Waals surface area (Å²) in [6, 6.07) is -0.755. The van der Waals surface area contributed by atoms with Gasteiger partial charge < -0.3 is 10.2 Å². The topological polar surface area (TPSA) is 41.1 Å². The zero-order valence-corrected chi connectivity index (χ0v) is 7.81. The first-order chi connectivity index (χ1) is 10.1. The van der Waals surface area contributed by atoms with Gasteiger partial charge in [-0.25, -0.2) is 9.97 Å². The van der Waals surface area contributed by atoms with E-state index in [-0.39, 0.29) is 9.63 Å². The molecule has 0 atom stereocenters. The molecular formula is C8H11BrN4. The van der Waals surface area contributed by atoms with Crippen molar-refractivity contribution in [2.75, 3.05) is 30.9 Å². The molecule has 0 spiro atoms. The molecule has 0 radical (unpaired) electrons. The van der Waals surface area contributed by atoms with Crippen LogP contribution in [0.3, 0.4) is 0 Å². The number of piperazine rings is 1. The van der Waals surface area contributed by atoms with Crippen LogP contribution in [0.2, 0.25) is 0 Å². The standard InChI is InChI=1S/C8H11BrN4/c9-8-11-2-1-7(12-8)13-5-3-10-4-6-13/h1-2,10H,3-6H2/i1D,2D,3D2,4D2,5D2,6D2. The van der Waals surface area contributed by atoms with Crippen LogP contribution in [0.25, 0.3) is 0 Å². The van der Waals surface area contributed by atoms with Crippen molar-refractivity contribution in [3.8, 4) is 0 Å². The van der Waals surface area contributed by atoms with Crippen LogP contribution in [0.4, 0.5) is 5.82 Å². The number of aromatic nitrogens is 2. The molecule has 0 aliphatic carbocycles. The van der Waals surface area contributed by atoms with Gasteiger partial charge in [0.05, 0.1) is 8.22 Å². The molecule has 0 aromatic carbocycles. The first-order valence-corrected chi connectivity index (χ1v) is 4.05. The van der Waals surface area contributed by atoms with Crippen molar-refractivity contribution >= 4 is 21.7 Å². The third-order valence-electron chi connectivity index (χ3n) is 1.19. The Hall–Kier alpha value is -0.680. The summed E-state index contributed by atoms with van der Waals surface area (Å²) < 4.78 is 77.5. The Balaban J connectivity index is 2.80. The monoisotopic (exact) mass is 252 g/mol. The Morgan fingerprint density at radius 2 is 2.38 bits per heavy atom. The van der Waals surface area contributed by atoms with Gasteiger partial charge in [0.1, 0.15) is 5.82 Å². The van der Waals surface area contributed by atoms with Crippen LogP contribution in [-0.2, 0) is 0 Å². The lowest BCUT2D eigenvalue weighted by Crippen LogP contribution is -2.43. The van der Waals surface area contributed by atoms with Gasteiger partial charge in [-0.15, -0.1) is 0 Å². The molecule has 70 valence electrons. The molecule has 1 aliphatic rings. The Bertz CT molecular complexity index is 624. The summed E-state index contributed by atoms with van der Waals surface area (Å²) in [5.41, 5.74) is 0. The zero-order chi connectivity index (χ0) is 18.0. The summed E-state index contributed by atoms with van der Waals surface area (Å²) in [4.78, 5) is 7.27. The lowest BCUT2D eigenvalue weighted by atomic mass is 10.3. The van der Waals surface area contributed by atoms with Gasteiger partial charge in [0, 0.05) is 37.6 Å². The number of hydrogen-bond donors (Lipinski definition) is 1. The van der Waals surface area contributed by atoms with Crippen LogP contribution < -0.4 is 10.2 Å². The third kappa shape index (κ3) is 2.16. The van der Waals surface area contributed by atoms with Crippen molar-refractivity contribution in [3.63, 3.8) is 0 Å². The van der Waals surface area contributed by atoms with E-state index in [2.05, 4.69) is 25.9 Å². The fraction of sp³-hybridized carbons (Fsp3) is 0.500. The molecule has 1 aromatic rings. The predicted molar refractivity (Wildman–Crippen MR) is 54.8 cm³/mol. The zero-order valence-electron chi connectivity index (χ0n) is 16.2. The van der Waals surface area contributed by atoms with Crippen molar-refractivity contribution in [1.29, 1.82) is 0 Å². The highest BCUT2D eigenvalue weighted by molar-refractivity contribution is 9.10. The number of hydrogen-bond acceptors (Lipinski definition) is 4. The summed E-state index contributed by atoms with van der Waals surface area (Å²) in [6.07, 6.45) is -0.645. The molecule has 0 bridgehead atoms. The lowest BCUT2D eigenvalue weighted by molar-refractivity contribution is 0.584. The third-order valence-corrected chi connectivity index (χ3v) is 1.54. The van der Waals surface area contributed by atoms with Gasteiger partial charge >= 0.3 is 0 Å². The Labute approximate surface area is 99.6 Å². The average Bonchev–Trinajstić information content (AvgIpc) is 2.31. The summed E-state index contributed by atoms with van der Waals surface area (Å²) in [6.45, 7) is -12.2. The molecule has 2 rings (SSSR count). The highest BCUT2D eigenvalue weighted by Crippen LogP contribution is 2.12. The number of rotatable bonds is 1. The van der Waals surface area contributed by atoms with Crippen molar-refractivity contribution in [2.24, 2.45) is 0 Å². The van der Waals surface area contributed by atoms with Crippen LogP contribution in [0, 0.1) is 0 Å². The molecule has 1 aliphatic heterocycles. The normalized spacial score (nSPS) is 44.2. The maximum atomic E-state index is 7.92. The van der Waals surface area contributed by atoms with Gasteiger partial charge in [-0.1, -0.05) is 0 Å². The molecule has 0 unspecified atom stereocenters. The molecule has 1 saturated heterocycles. The van der Waals surface area contributed by atoms with Gasteiger partial charge in [-0.05, 0) is 22.0 Å². The van der Waals surface area contributed by atoms with E-state index < -0.39 is 44.0 Å². The second kappa shape index (κ2) is 4.02. The minimum Gasteiger partial charge on any atom is -0.354 e. The maximum Gasteiger partial charge on any atom is 0.198 e. The lowest BCUT2D eigenvalue weighted by Gasteiger charge is -2.28. The smallest absolute Gasteiger partial charge is 0.198 e.